The lowest BCUT2D eigenvalue weighted by atomic mass is 10.1. The highest BCUT2D eigenvalue weighted by Crippen LogP contribution is 2.32. The first-order chi connectivity index (χ1) is 13.6. The Morgan fingerprint density at radius 3 is 2.64 bits per heavy atom. The van der Waals surface area contributed by atoms with E-state index in [1.165, 1.54) is 11.1 Å². The number of aromatic nitrogens is 2. The summed E-state index contributed by atoms with van der Waals surface area (Å²) in [5.74, 6) is 1.04. The van der Waals surface area contributed by atoms with Crippen molar-refractivity contribution in [1.29, 1.82) is 0 Å². The normalized spacial score (nSPS) is 16.4. The second-order valence-electron chi connectivity index (χ2n) is 7.15. The largest absolute Gasteiger partial charge is 0.337 e. The van der Waals surface area contributed by atoms with Crippen LogP contribution in [0.1, 0.15) is 42.8 Å². The topological polar surface area (TPSA) is 71.3 Å². The lowest BCUT2D eigenvalue weighted by molar-refractivity contribution is 0.193. The Bertz CT molecular complexity index is 947. The second kappa shape index (κ2) is 7.84. The van der Waals surface area contributed by atoms with Gasteiger partial charge < -0.3 is 14.7 Å². The zero-order valence-electron chi connectivity index (χ0n) is 16.2. The zero-order valence-corrected chi connectivity index (χ0v) is 16.2. The number of likely N-dealkylation sites (tertiary alicyclic amines) is 1. The van der Waals surface area contributed by atoms with Gasteiger partial charge in [0, 0.05) is 17.8 Å². The summed E-state index contributed by atoms with van der Waals surface area (Å²) in [6.07, 6.45) is 2.70. The molecule has 1 fully saturated rings. The maximum atomic E-state index is 12.8. The minimum atomic E-state index is -0.193. The number of nitrogens with one attached hydrogen (secondary N) is 1. The SMILES string of the molecule is CCc1ccc(NC(=O)N2CCC[C@H]2c2nc(-c3ccc(C)cc3)no2)cc1. The molecular weight excluding hydrogens is 352 g/mol. The molecule has 2 heterocycles. The molecule has 0 saturated carbocycles. The Labute approximate surface area is 164 Å². The summed E-state index contributed by atoms with van der Waals surface area (Å²) in [6.45, 7) is 4.82. The standard InChI is InChI=1S/C22H24N4O2/c1-3-16-8-12-18(13-9-16)23-22(27)26-14-4-5-19(26)21-24-20(25-28-21)17-10-6-15(2)7-11-17/h6-13,19H,3-5,14H2,1-2H3,(H,23,27)/t19-/m0/s1. The molecule has 3 aromatic rings. The number of benzene rings is 2. The minimum absolute atomic E-state index is 0.137. The summed E-state index contributed by atoms with van der Waals surface area (Å²) in [5, 5.41) is 7.09. The predicted octanol–water partition coefficient (Wildman–Crippen LogP) is 4.98. The van der Waals surface area contributed by atoms with Crippen LogP contribution in [0.3, 0.4) is 0 Å². The first kappa shape index (κ1) is 18.2. The van der Waals surface area contributed by atoms with E-state index in [0.29, 0.717) is 18.3 Å². The Balaban J connectivity index is 1.48. The quantitative estimate of drug-likeness (QED) is 0.697. The molecule has 2 amide bonds. The molecule has 6 heteroatoms. The van der Waals surface area contributed by atoms with E-state index in [1.54, 1.807) is 4.90 Å². The maximum Gasteiger partial charge on any atom is 0.322 e. The van der Waals surface area contributed by atoms with Crippen LogP contribution in [0.4, 0.5) is 10.5 Å². The number of hydrogen-bond donors (Lipinski definition) is 1. The lowest BCUT2D eigenvalue weighted by Crippen LogP contribution is -2.34. The molecule has 4 rings (SSSR count). The average molecular weight is 376 g/mol. The summed E-state index contributed by atoms with van der Waals surface area (Å²) >= 11 is 0. The van der Waals surface area contributed by atoms with Crippen LogP contribution in [0.5, 0.6) is 0 Å². The van der Waals surface area contributed by atoms with Crippen LogP contribution < -0.4 is 5.32 Å². The van der Waals surface area contributed by atoms with Gasteiger partial charge in [-0.05, 0) is 43.9 Å². The number of hydrogen-bond acceptors (Lipinski definition) is 4. The molecule has 6 nitrogen and oxygen atoms in total. The second-order valence-corrected chi connectivity index (χ2v) is 7.15. The molecule has 144 valence electrons. The van der Waals surface area contributed by atoms with Crippen molar-refractivity contribution in [2.45, 2.75) is 39.2 Å². The highest BCUT2D eigenvalue weighted by Gasteiger charge is 2.34. The van der Waals surface area contributed by atoms with Gasteiger partial charge in [0.05, 0.1) is 0 Å². The Morgan fingerprint density at radius 1 is 1.18 bits per heavy atom. The van der Waals surface area contributed by atoms with Crippen molar-refractivity contribution >= 4 is 11.7 Å². The van der Waals surface area contributed by atoms with Gasteiger partial charge in [-0.25, -0.2) is 4.79 Å². The fraction of sp³-hybridized carbons (Fsp3) is 0.318. The van der Waals surface area contributed by atoms with Crippen molar-refractivity contribution < 1.29 is 9.32 Å². The van der Waals surface area contributed by atoms with Crippen molar-refractivity contribution in [3.8, 4) is 11.4 Å². The summed E-state index contributed by atoms with van der Waals surface area (Å²) < 4.78 is 5.51. The summed E-state index contributed by atoms with van der Waals surface area (Å²) in [5.41, 5.74) is 4.12. The number of amides is 2. The van der Waals surface area contributed by atoms with Crippen molar-refractivity contribution in [2.24, 2.45) is 0 Å². The van der Waals surface area contributed by atoms with E-state index in [2.05, 4.69) is 22.4 Å². The molecule has 1 aliphatic rings. The Kier molecular flexibility index (Phi) is 5.10. The fourth-order valence-electron chi connectivity index (χ4n) is 3.48. The van der Waals surface area contributed by atoms with E-state index in [9.17, 15) is 4.79 Å². The van der Waals surface area contributed by atoms with Crippen molar-refractivity contribution in [3.05, 3.63) is 65.5 Å². The van der Waals surface area contributed by atoms with Gasteiger partial charge in [-0.15, -0.1) is 0 Å². The van der Waals surface area contributed by atoms with Crippen molar-refractivity contribution in [3.63, 3.8) is 0 Å². The van der Waals surface area contributed by atoms with Crippen molar-refractivity contribution in [1.82, 2.24) is 15.0 Å². The number of rotatable bonds is 4. The molecule has 1 aromatic heterocycles. The molecule has 1 atom stereocenters. The molecule has 1 N–H and O–H groups in total. The number of anilines is 1. The van der Waals surface area contributed by atoms with Gasteiger partial charge in [-0.2, -0.15) is 4.98 Å². The number of carbonyl (C=O) groups excluding carboxylic acids is 1. The molecule has 0 aliphatic carbocycles. The third kappa shape index (κ3) is 3.76. The third-order valence-electron chi connectivity index (χ3n) is 5.16. The molecular formula is C22H24N4O2. The van der Waals surface area contributed by atoms with E-state index >= 15 is 0 Å². The average Bonchev–Trinajstić information content (AvgIpc) is 3.38. The van der Waals surface area contributed by atoms with Crippen LogP contribution in [-0.2, 0) is 6.42 Å². The smallest absolute Gasteiger partial charge is 0.322 e. The van der Waals surface area contributed by atoms with E-state index in [1.807, 2.05) is 55.5 Å². The molecule has 0 unspecified atom stereocenters. The zero-order chi connectivity index (χ0) is 19.5. The molecule has 0 bridgehead atoms. The van der Waals surface area contributed by atoms with E-state index in [4.69, 9.17) is 4.52 Å². The molecule has 0 spiro atoms. The maximum absolute atomic E-state index is 12.8. The Hall–Kier alpha value is -3.15. The highest BCUT2D eigenvalue weighted by molar-refractivity contribution is 5.89. The fourth-order valence-corrected chi connectivity index (χ4v) is 3.48. The molecule has 0 radical (unpaired) electrons. The van der Waals surface area contributed by atoms with Crippen LogP contribution in [0.15, 0.2) is 53.1 Å². The summed E-state index contributed by atoms with van der Waals surface area (Å²) in [7, 11) is 0. The van der Waals surface area contributed by atoms with Gasteiger partial charge in [0.2, 0.25) is 11.7 Å². The van der Waals surface area contributed by atoms with Crippen LogP contribution in [-0.4, -0.2) is 27.6 Å². The Morgan fingerprint density at radius 2 is 1.93 bits per heavy atom. The number of nitrogens with zero attached hydrogens (tertiary/aromatic N) is 3. The molecule has 2 aromatic carbocycles. The van der Waals surface area contributed by atoms with Gasteiger partial charge in [-0.1, -0.05) is 54.0 Å². The van der Waals surface area contributed by atoms with Crippen LogP contribution in [0.25, 0.3) is 11.4 Å². The van der Waals surface area contributed by atoms with E-state index in [0.717, 1.165) is 30.5 Å². The molecule has 1 aliphatic heterocycles. The first-order valence-electron chi connectivity index (χ1n) is 9.71. The van der Waals surface area contributed by atoms with E-state index in [-0.39, 0.29) is 12.1 Å². The minimum Gasteiger partial charge on any atom is -0.337 e. The predicted molar refractivity (Wildman–Crippen MR) is 108 cm³/mol. The van der Waals surface area contributed by atoms with Crippen LogP contribution in [0, 0.1) is 6.92 Å². The van der Waals surface area contributed by atoms with Gasteiger partial charge in [0.15, 0.2) is 0 Å². The lowest BCUT2D eigenvalue weighted by Gasteiger charge is -2.22. The van der Waals surface area contributed by atoms with E-state index < -0.39 is 0 Å². The van der Waals surface area contributed by atoms with Gasteiger partial charge in [0.1, 0.15) is 6.04 Å². The number of aryl methyl sites for hydroxylation is 2. The number of urea groups is 1. The van der Waals surface area contributed by atoms with Crippen LogP contribution in [0.2, 0.25) is 0 Å². The first-order valence-corrected chi connectivity index (χ1v) is 9.71. The van der Waals surface area contributed by atoms with Gasteiger partial charge >= 0.3 is 6.03 Å². The van der Waals surface area contributed by atoms with Gasteiger partial charge in [0.25, 0.3) is 0 Å². The van der Waals surface area contributed by atoms with Gasteiger partial charge in [-0.3, -0.25) is 0 Å². The highest BCUT2D eigenvalue weighted by atomic mass is 16.5. The summed E-state index contributed by atoms with van der Waals surface area (Å²) in [4.78, 5) is 19.1. The molecule has 1 saturated heterocycles. The van der Waals surface area contributed by atoms with Crippen LogP contribution >= 0.6 is 0 Å². The monoisotopic (exact) mass is 376 g/mol. The molecule has 28 heavy (non-hydrogen) atoms. The van der Waals surface area contributed by atoms with Crippen molar-refractivity contribution in [2.75, 3.05) is 11.9 Å². The number of carbonyl (C=O) groups is 1. The summed E-state index contributed by atoms with van der Waals surface area (Å²) in [6, 6.07) is 15.6. The third-order valence-corrected chi connectivity index (χ3v) is 5.16.